The number of rotatable bonds is 0. The summed E-state index contributed by atoms with van der Waals surface area (Å²) < 4.78 is 0. The largest absolute Gasteiger partial charge is 0.344 e. The van der Waals surface area contributed by atoms with Crippen LogP contribution in [0, 0.1) is 0 Å². The number of carbonyl (C=O) groups is 1. The average molecular weight is 126 g/mol. The van der Waals surface area contributed by atoms with Crippen LogP contribution in [0.5, 0.6) is 0 Å². The van der Waals surface area contributed by atoms with E-state index in [1.165, 1.54) is 12.4 Å². The molecule has 0 saturated carbocycles. The number of hydrogen-bond donors (Lipinski definition) is 1. The predicted molar refractivity (Wildman–Crippen MR) is 32.0 cm³/mol. The van der Waals surface area contributed by atoms with Crippen LogP contribution in [0.15, 0.2) is 23.3 Å². The van der Waals surface area contributed by atoms with Crippen molar-refractivity contribution in [2.24, 2.45) is 0 Å². The van der Waals surface area contributed by atoms with E-state index in [1.807, 2.05) is 6.79 Å². The lowest BCUT2D eigenvalue weighted by Crippen LogP contribution is -2.05. The Balaban J connectivity index is 0.000000291. The molecule has 0 aromatic carbocycles. The third kappa shape index (κ3) is 3.16. The summed E-state index contributed by atoms with van der Waals surface area (Å²) in [5.41, 5.74) is -0.303. The molecule has 1 rings (SSSR count). The Morgan fingerprint density at radius 1 is 1.56 bits per heavy atom. The number of aromatic nitrogens is 2. The minimum atomic E-state index is -0.303. The van der Waals surface area contributed by atoms with Crippen molar-refractivity contribution in [3.63, 3.8) is 0 Å². The number of aromatic amines is 1. The van der Waals surface area contributed by atoms with E-state index in [4.69, 9.17) is 4.79 Å². The molecule has 0 aliphatic carbocycles. The first-order valence-electron chi connectivity index (χ1n) is 2.18. The van der Waals surface area contributed by atoms with E-state index in [0.29, 0.717) is 0 Å². The van der Waals surface area contributed by atoms with Crippen LogP contribution in [0.4, 0.5) is 0 Å². The van der Waals surface area contributed by atoms with Gasteiger partial charge in [0.15, 0.2) is 0 Å². The minimum absolute atomic E-state index is 0.303. The molecule has 1 N–H and O–H groups in total. The zero-order valence-corrected chi connectivity index (χ0v) is 4.70. The maximum Gasteiger partial charge on any atom is 0.344 e. The second-order valence-electron chi connectivity index (χ2n) is 1.09. The summed E-state index contributed by atoms with van der Waals surface area (Å²) in [5.74, 6) is 0. The van der Waals surface area contributed by atoms with Crippen LogP contribution in [-0.2, 0) is 4.79 Å². The van der Waals surface area contributed by atoms with Gasteiger partial charge in [0.05, 0.1) is 0 Å². The van der Waals surface area contributed by atoms with E-state index < -0.39 is 0 Å². The van der Waals surface area contributed by atoms with E-state index in [0.717, 1.165) is 0 Å². The average Bonchev–Trinajstić information content (AvgIpc) is 1.94. The molecule has 1 heterocycles. The standard InChI is InChI=1S/C4H4N2O.CH2O/c7-4-5-2-1-3-6-4;1-2/h1-3H,(H,5,6,7);1H2. The summed E-state index contributed by atoms with van der Waals surface area (Å²) in [5, 5.41) is 0. The topological polar surface area (TPSA) is 62.8 Å². The van der Waals surface area contributed by atoms with E-state index in [1.54, 1.807) is 6.07 Å². The summed E-state index contributed by atoms with van der Waals surface area (Å²) in [6.45, 7) is 2.00. The van der Waals surface area contributed by atoms with Gasteiger partial charge in [0, 0.05) is 12.4 Å². The van der Waals surface area contributed by atoms with Gasteiger partial charge in [-0.1, -0.05) is 0 Å². The second kappa shape index (κ2) is 4.70. The van der Waals surface area contributed by atoms with Crippen molar-refractivity contribution in [1.82, 2.24) is 9.97 Å². The lowest BCUT2D eigenvalue weighted by Gasteiger charge is -1.72. The van der Waals surface area contributed by atoms with Crippen molar-refractivity contribution >= 4 is 6.79 Å². The Morgan fingerprint density at radius 3 is 2.44 bits per heavy atom. The molecule has 0 spiro atoms. The number of hydrogen-bond acceptors (Lipinski definition) is 3. The zero-order chi connectivity index (χ0) is 7.11. The lowest BCUT2D eigenvalue weighted by molar-refractivity contribution is -0.0979. The Bertz CT molecular complexity index is 191. The number of carbonyl (C=O) groups excluding carboxylic acids is 1. The third-order valence-electron chi connectivity index (χ3n) is 0.581. The molecule has 0 atom stereocenters. The SMILES string of the molecule is C=O.O=c1nccc[nH]1. The molecule has 4 nitrogen and oxygen atoms in total. The van der Waals surface area contributed by atoms with Crippen LogP contribution >= 0.6 is 0 Å². The van der Waals surface area contributed by atoms with E-state index >= 15 is 0 Å². The van der Waals surface area contributed by atoms with Gasteiger partial charge in [-0.15, -0.1) is 0 Å². The number of H-pyrrole nitrogens is 1. The maximum atomic E-state index is 10.1. The third-order valence-corrected chi connectivity index (χ3v) is 0.581. The normalized spacial score (nSPS) is 7.11. The molecule has 0 bridgehead atoms. The Kier molecular flexibility index (Phi) is 3.95. The summed E-state index contributed by atoms with van der Waals surface area (Å²) in [7, 11) is 0. The van der Waals surface area contributed by atoms with Crippen LogP contribution in [0.25, 0.3) is 0 Å². The van der Waals surface area contributed by atoms with Crippen LogP contribution in [0.3, 0.4) is 0 Å². The molecule has 0 unspecified atom stereocenters. The fourth-order valence-electron chi connectivity index (χ4n) is 0.310. The van der Waals surface area contributed by atoms with Crippen LogP contribution in [0.2, 0.25) is 0 Å². The maximum absolute atomic E-state index is 10.1. The highest BCUT2D eigenvalue weighted by Crippen LogP contribution is 1.60. The molecule has 0 fully saturated rings. The smallest absolute Gasteiger partial charge is 0.313 e. The van der Waals surface area contributed by atoms with Crippen molar-refractivity contribution < 1.29 is 4.79 Å². The van der Waals surface area contributed by atoms with Gasteiger partial charge in [0.25, 0.3) is 0 Å². The Hall–Kier alpha value is -1.45. The number of nitrogens with one attached hydrogen (secondary N) is 1. The summed E-state index contributed by atoms with van der Waals surface area (Å²) in [6, 6.07) is 1.65. The first kappa shape index (κ1) is 7.55. The lowest BCUT2D eigenvalue weighted by atomic mass is 10.7. The van der Waals surface area contributed by atoms with E-state index in [9.17, 15) is 4.79 Å². The van der Waals surface area contributed by atoms with Crippen molar-refractivity contribution in [3.05, 3.63) is 28.9 Å². The van der Waals surface area contributed by atoms with Gasteiger partial charge < -0.3 is 9.78 Å². The summed E-state index contributed by atoms with van der Waals surface area (Å²) in [6.07, 6.45) is 2.98. The molecule has 48 valence electrons. The Morgan fingerprint density at radius 2 is 2.22 bits per heavy atom. The highest BCUT2D eigenvalue weighted by atomic mass is 16.1. The van der Waals surface area contributed by atoms with E-state index in [-0.39, 0.29) is 5.69 Å². The molecule has 9 heavy (non-hydrogen) atoms. The molecular formula is C5H6N2O2. The monoisotopic (exact) mass is 126 g/mol. The quantitative estimate of drug-likeness (QED) is 0.513. The first-order valence-corrected chi connectivity index (χ1v) is 2.18. The van der Waals surface area contributed by atoms with Crippen molar-refractivity contribution in [2.45, 2.75) is 0 Å². The molecule has 4 heteroatoms. The molecule has 0 amide bonds. The molecule has 0 aliphatic heterocycles. The highest BCUT2D eigenvalue weighted by Gasteiger charge is 1.70. The van der Waals surface area contributed by atoms with Crippen LogP contribution < -0.4 is 5.69 Å². The zero-order valence-electron chi connectivity index (χ0n) is 4.70. The minimum Gasteiger partial charge on any atom is -0.313 e. The van der Waals surface area contributed by atoms with Gasteiger partial charge in [-0.3, -0.25) is 0 Å². The summed E-state index contributed by atoms with van der Waals surface area (Å²) >= 11 is 0. The van der Waals surface area contributed by atoms with Gasteiger partial charge in [-0.2, -0.15) is 0 Å². The molecule has 1 aromatic heterocycles. The highest BCUT2D eigenvalue weighted by molar-refractivity contribution is 5.10. The number of nitrogens with zero attached hydrogens (tertiary/aromatic N) is 1. The molecule has 0 radical (unpaired) electrons. The molecule has 0 saturated heterocycles. The first-order chi connectivity index (χ1) is 4.39. The van der Waals surface area contributed by atoms with Gasteiger partial charge in [-0.25, -0.2) is 9.78 Å². The molecule has 0 aliphatic rings. The fraction of sp³-hybridized carbons (Fsp3) is 0. The van der Waals surface area contributed by atoms with Crippen LogP contribution in [0.1, 0.15) is 0 Å². The fourth-order valence-corrected chi connectivity index (χ4v) is 0.310. The Labute approximate surface area is 51.6 Å². The summed E-state index contributed by atoms with van der Waals surface area (Å²) in [4.78, 5) is 23.8. The van der Waals surface area contributed by atoms with Gasteiger partial charge in [0.1, 0.15) is 6.79 Å². The van der Waals surface area contributed by atoms with Gasteiger partial charge >= 0.3 is 5.69 Å². The van der Waals surface area contributed by atoms with Crippen molar-refractivity contribution in [2.75, 3.05) is 0 Å². The predicted octanol–water partition coefficient (Wildman–Crippen LogP) is -0.415. The molecule has 1 aromatic rings. The van der Waals surface area contributed by atoms with Crippen molar-refractivity contribution in [1.29, 1.82) is 0 Å². The second-order valence-corrected chi connectivity index (χ2v) is 1.09. The van der Waals surface area contributed by atoms with Crippen LogP contribution in [-0.4, -0.2) is 16.8 Å². The molecular weight excluding hydrogens is 120 g/mol. The van der Waals surface area contributed by atoms with Crippen molar-refractivity contribution in [3.8, 4) is 0 Å². The van der Waals surface area contributed by atoms with Gasteiger partial charge in [0.2, 0.25) is 0 Å². The van der Waals surface area contributed by atoms with Gasteiger partial charge in [-0.05, 0) is 6.07 Å². The van der Waals surface area contributed by atoms with E-state index in [2.05, 4.69) is 9.97 Å².